The van der Waals surface area contributed by atoms with Crippen LogP contribution < -0.4 is 5.32 Å². The summed E-state index contributed by atoms with van der Waals surface area (Å²) in [5.74, 6) is 0.618. The lowest BCUT2D eigenvalue weighted by Crippen LogP contribution is -2.39. The highest BCUT2D eigenvalue weighted by Crippen LogP contribution is 2.24. The second-order valence-corrected chi connectivity index (χ2v) is 5.36. The van der Waals surface area contributed by atoms with Crippen molar-refractivity contribution in [2.45, 2.75) is 46.8 Å². The van der Waals surface area contributed by atoms with Crippen molar-refractivity contribution >= 4 is 0 Å². The molecule has 0 spiro atoms. The molecule has 2 nitrogen and oxygen atoms in total. The van der Waals surface area contributed by atoms with Gasteiger partial charge in [-0.05, 0) is 18.3 Å². The SMILES string of the molecule is CC1COC(C(C)(C)C)CNC1C. The molecule has 1 aliphatic rings. The molecule has 0 amide bonds. The second-order valence-electron chi connectivity index (χ2n) is 5.36. The summed E-state index contributed by atoms with van der Waals surface area (Å²) in [5, 5.41) is 3.53. The Bertz CT molecular complexity index is 150. The summed E-state index contributed by atoms with van der Waals surface area (Å²) in [6, 6.07) is 0.576. The van der Waals surface area contributed by atoms with E-state index < -0.39 is 0 Å². The summed E-state index contributed by atoms with van der Waals surface area (Å²) in [6.07, 6.45) is 0.347. The normalized spacial score (nSPS) is 37.2. The molecule has 0 aliphatic carbocycles. The monoisotopic (exact) mass is 185 g/mol. The third-order valence-corrected chi connectivity index (χ3v) is 3.01. The number of hydrogen-bond acceptors (Lipinski definition) is 2. The number of ether oxygens (including phenoxy) is 1. The highest BCUT2D eigenvalue weighted by molar-refractivity contribution is 4.82. The Kier molecular flexibility index (Phi) is 3.36. The first-order valence-electron chi connectivity index (χ1n) is 5.26. The largest absolute Gasteiger partial charge is 0.376 e. The Balaban J connectivity index is 2.54. The Morgan fingerprint density at radius 1 is 1.23 bits per heavy atom. The Morgan fingerprint density at radius 2 is 1.85 bits per heavy atom. The molecule has 0 saturated carbocycles. The van der Waals surface area contributed by atoms with Gasteiger partial charge in [0.15, 0.2) is 0 Å². The maximum atomic E-state index is 5.89. The summed E-state index contributed by atoms with van der Waals surface area (Å²) in [5.41, 5.74) is 0.247. The zero-order valence-electron chi connectivity index (χ0n) is 9.55. The van der Waals surface area contributed by atoms with E-state index >= 15 is 0 Å². The minimum atomic E-state index is 0.247. The first-order valence-corrected chi connectivity index (χ1v) is 5.26. The minimum absolute atomic E-state index is 0.247. The fraction of sp³-hybridized carbons (Fsp3) is 1.00. The van der Waals surface area contributed by atoms with Gasteiger partial charge in [0.2, 0.25) is 0 Å². The first kappa shape index (κ1) is 11.0. The zero-order valence-corrected chi connectivity index (χ0v) is 9.55. The van der Waals surface area contributed by atoms with E-state index in [1.54, 1.807) is 0 Å². The van der Waals surface area contributed by atoms with Crippen LogP contribution in [0.3, 0.4) is 0 Å². The molecule has 1 saturated heterocycles. The van der Waals surface area contributed by atoms with Crippen molar-refractivity contribution < 1.29 is 4.74 Å². The lowest BCUT2D eigenvalue weighted by atomic mass is 9.89. The molecule has 1 aliphatic heterocycles. The van der Waals surface area contributed by atoms with E-state index in [2.05, 4.69) is 39.9 Å². The summed E-state index contributed by atoms with van der Waals surface area (Å²) >= 11 is 0. The predicted octanol–water partition coefficient (Wildman–Crippen LogP) is 2.05. The number of hydrogen-bond donors (Lipinski definition) is 1. The molecule has 3 unspecified atom stereocenters. The quantitative estimate of drug-likeness (QED) is 0.623. The number of rotatable bonds is 0. The van der Waals surface area contributed by atoms with E-state index in [0.717, 1.165) is 13.2 Å². The Hall–Kier alpha value is -0.0800. The molecular weight excluding hydrogens is 162 g/mol. The predicted molar refractivity (Wildman–Crippen MR) is 55.8 cm³/mol. The van der Waals surface area contributed by atoms with Crippen molar-refractivity contribution in [3.63, 3.8) is 0 Å². The molecule has 0 aromatic heterocycles. The highest BCUT2D eigenvalue weighted by Gasteiger charge is 2.29. The molecule has 0 aromatic carbocycles. The van der Waals surface area contributed by atoms with Crippen LogP contribution in [0.25, 0.3) is 0 Å². The van der Waals surface area contributed by atoms with Gasteiger partial charge in [-0.25, -0.2) is 0 Å². The molecule has 1 heterocycles. The van der Waals surface area contributed by atoms with Gasteiger partial charge in [0.25, 0.3) is 0 Å². The molecule has 0 radical (unpaired) electrons. The molecule has 1 fully saturated rings. The molecular formula is C11H23NO. The zero-order chi connectivity index (χ0) is 10.1. The molecule has 13 heavy (non-hydrogen) atoms. The topological polar surface area (TPSA) is 21.3 Å². The van der Waals surface area contributed by atoms with Crippen molar-refractivity contribution in [1.82, 2.24) is 5.32 Å². The van der Waals surface area contributed by atoms with Gasteiger partial charge in [-0.15, -0.1) is 0 Å². The molecule has 3 atom stereocenters. The molecule has 1 rings (SSSR count). The summed E-state index contributed by atoms with van der Waals surface area (Å²) in [4.78, 5) is 0. The first-order chi connectivity index (χ1) is 5.91. The van der Waals surface area contributed by atoms with Crippen molar-refractivity contribution in [2.24, 2.45) is 11.3 Å². The van der Waals surface area contributed by atoms with Crippen molar-refractivity contribution in [2.75, 3.05) is 13.2 Å². The van der Waals surface area contributed by atoms with Crippen LogP contribution in [-0.2, 0) is 4.74 Å². The fourth-order valence-electron chi connectivity index (χ4n) is 1.52. The van der Waals surface area contributed by atoms with E-state index in [9.17, 15) is 0 Å². The van der Waals surface area contributed by atoms with Gasteiger partial charge in [0.1, 0.15) is 0 Å². The van der Waals surface area contributed by atoms with Crippen LogP contribution in [-0.4, -0.2) is 25.3 Å². The maximum absolute atomic E-state index is 5.89. The molecule has 2 heteroatoms. The average molecular weight is 185 g/mol. The van der Waals surface area contributed by atoms with Crippen molar-refractivity contribution in [3.8, 4) is 0 Å². The summed E-state index contributed by atoms with van der Waals surface area (Å²) in [6.45, 7) is 13.0. The van der Waals surface area contributed by atoms with Gasteiger partial charge in [0.05, 0.1) is 12.7 Å². The van der Waals surface area contributed by atoms with Crippen molar-refractivity contribution in [3.05, 3.63) is 0 Å². The minimum Gasteiger partial charge on any atom is -0.376 e. The van der Waals surface area contributed by atoms with Crippen LogP contribution in [0.2, 0.25) is 0 Å². The lowest BCUT2D eigenvalue weighted by Gasteiger charge is -2.29. The lowest BCUT2D eigenvalue weighted by molar-refractivity contribution is -0.0156. The second kappa shape index (κ2) is 3.97. The standard InChI is InChI=1S/C11H23NO/c1-8-7-13-10(11(3,4)5)6-12-9(8)2/h8-10,12H,6-7H2,1-5H3. The molecule has 78 valence electrons. The smallest absolute Gasteiger partial charge is 0.0747 e. The van der Waals surface area contributed by atoms with Crippen LogP contribution in [0.15, 0.2) is 0 Å². The third-order valence-electron chi connectivity index (χ3n) is 3.01. The fourth-order valence-corrected chi connectivity index (χ4v) is 1.52. The van der Waals surface area contributed by atoms with E-state index in [-0.39, 0.29) is 5.41 Å². The van der Waals surface area contributed by atoms with Crippen LogP contribution in [0.4, 0.5) is 0 Å². The van der Waals surface area contributed by atoms with E-state index in [1.807, 2.05) is 0 Å². The van der Waals surface area contributed by atoms with Gasteiger partial charge in [0, 0.05) is 12.6 Å². The van der Waals surface area contributed by atoms with Gasteiger partial charge in [-0.1, -0.05) is 27.7 Å². The summed E-state index contributed by atoms with van der Waals surface area (Å²) in [7, 11) is 0. The maximum Gasteiger partial charge on any atom is 0.0747 e. The van der Waals surface area contributed by atoms with E-state index in [0.29, 0.717) is 18.1 Å². The Labute approximate surface area is 82.0 Å². The van der Waals surface area contributed by atoms with Crippen LogP contribution >= 0.6 is 0 Å². The van der Waals surface area contributed by atoms with Gasteiger partial charge < -0.3 is 10.1 Å². The Morgan fingerprint density at radius 3 is 2.38 bits per heavy atom. The molecule has 0 bridgehead atoms. The molecule has 1 N–H and O–H groups in total. The third kappa shape index (κ3) is 2.96. The highest BCUT2D eigenvalue weighted by atomic mass is 16.5. The van der Waals surface area contributed by atoms with Gasteiger partial charge in [-0.2, -0.15) is 0 Å². The van der Waals surface area contributed by atoms with Crippen molar-refractivity contribution in [1.29, 1.82) is 0 Å². The number of nitrogens with one attached hydrogen (secondary N) is 1. The average Bonchev–Trinajstić information content (AvgIpc) is 2.14. The van der Waals surface area contributed by atoms with Crippen LogP contribution in [0.1, 0.15) is 34.6 Å². The summed E-state index contributed by atoms with van der Waals surface area (Å²) < 4.78 is 5.89. The molecule has 0 aromatic rings. The van der Waals surface area contributed by atoms with Gasteiger partial charge in [-0.3, -0.25) is 0 Å². The van der Waals surface area contributed by atoms with Crippen LogP contribution in [0, 0.1) is 11.3 Å². The van der Waals surface area contributed by atoms with E-state index in [4.69, 9.17) is 4.74 Å². The van der Waals surface area contributed by atoms with Gasteiger partial charge >= 0.3 is 0 Å². The van der Waals surface area contributed by atoms with Crippen LogP contribution in [0.5, 0.6) is 0 Å². The van der Waals surface area contributed by atoms with E-state index in [1.165, 1.54) is 0 Å².